The highest BCUT2D eigenvalue weighted by atomic mass is 32.1. The average Bonchev–Trinajstić information content (AvgIpc) is 3.36. The van der Waals surface area contributed by atoms with Gasteiger partial charge in [0.25, 0.3) is 0 Å². The molecule has 140 valence electrons. The molecule has 0 aliphatic heterocycles. The minimum Gasteiger partial charge on any atom is -0.478 e. The van der Waals surface area contributed by atoms with Crippen LogP contribution in [0.4, 0.5) is 10.7 Å². The van der Waals surface area contributed by atoms with Gasteiger partial charge in [0, 0.05) is 16.6 Å². The Morgan fingerprint density at radius 2 is 1.92 bits per heavy atom. The maximum atomic E-state index is 11.1. The number of thiophene rings is 1. The van der Waals surface area contributed by atoms with Gasteiger partial charge >= 0.3 is 5.97 Å². The summed E-state index contributed by atoms with van der Waals surface area (Å²) in [5.74, 6) is -0.873. The summed E-state index contributed by atoms with van der Waals surface area (Å²) in [6, 6.07) is 10.2. The van der Waals surface area contributed by atoms with Gasteiger partial charge < -0.3 is 10.0 Å². The van der Waals surface area contributed by atoms with E-state index < -0.39 is 5.97 Å². The molecule has 0 unspecified atom stereocenters. The number of unbranched alkanes of at least 4 members (excludes halogenated alkanes) is 1. The second-order valence-corrected chi connectivity index (χ2v) is 9.07. The van der Waals surface area contributed by atoms with Crippen molar-refractivity contribution in [2.24, 2.45) is 0 Å². The van der Waals surface area contributed by atoms with Gasteiger partial charge in [-0.2, -0.15) is 0 Å². The van der Waals surface area contributed by atoms with Crippen LogP contribution in [0.3, 0.4) is 0 Å². The monoisotopic (exact) mass is 371 g/mol. The van der Waals surface area contributed by atoms with Gasteiger partial charge in [0.1, 0.15) is 0 Å². The topological polar surface area (TPSA) is 40.5 Å². The molecule has 3 nitrogen and oxygen atoms in total. The number of carboxylic acids is 1. The van der Waals surface area contributed by atoms with Crippen LogP contribution in [0.2, 0.25) is 0 Å². The summed E-state index contributed by atoms with van der Waals surface area (Å²) < 4.78 is 0. The van der Waals surface area contributed by atoms with Gasteiger partial charge in [-0.3, -0.25) is 0 Å². The number of aromatic carboxylic acids is 1. The van der Waals surface area contributed by atoms with Crippen LogP contribution in [0.25, 0.3) is 0 Å². The van der Waals surface area contributed by atoms with Crippen molar-refractivity contribution in [3.63, 3.8) is 0 Å². The molecule has 0 saturated heterocycles. The molecule has 1 fully saturated rings. The largest absolute Gasteiger partial charge is 0.478 e. The van der Waals surface area contributed by atoms with Crippen molar-refractivity contribution in [1.29, 1.82) is 0 Å². The highest BCUT2D eigenvalue weighted by Gasteiger charge is 2.33. The van der Waals surface area contributed by atoms with E-state index in [4.69, 9.17) is 5.11 Å². The normalized spacial score (nSPS) is 14.5. The Morgan fingerprint density at radius 3 is 2.46 bits per heavy atom. The number of carboxylic acid groups (broad SMARTS) is 1. The van der Waals surface area contributed by atoms with Gasteiger partial charge in [0.2, 0.25) is 0 Å². The van der Waals surface area contributed by atoms with Crippen LogP contribution in [0.5, 0.6) is 0 Å². The highest BCUT2D eigenvalue weighted by molar-refractivity contribution is 7.16. The minimum atomic E-state index is -0.873. The summed E-state index contributed by atoms with van der Waals surface area (Å²) in [7, 11) is 0. The van der Waals surface area contributed by atoms with Crippen LogP contribution in [0, 0.1) is 6.92 Å². The molecule has 0 bridgehead atoms. The van der Waals surface area contributed by atoms with Crippen LogP contribution in [0.1, 0.15) is 73.7 Å². The molecular weight excluding hydrogens is 342 g/mol. The second kappa shape index (κ2) is 7.43. The molecule has 1 aromatic heterocycles. The predicted molar refractivity (Wildman–Crippen MR) is 110 cm³/mol. The van der Waals surface area contributed by atoms with Crippen molar-refractivity contribution >= 4 is 28.0 Å². The van der Waals surface area contributed by atoms with Crippen LogP contribution in [0.15, 0.2) is 30.3 Å². The Hall–Kier alpha value is -1.81. The molecule has 0 radical (unpaired) electrons. The lowest BCUT2D eigenvalue weighted by atomic mass is 9.85. The van der Waals surface area contributed by atoms with Gasteiger partial charge in [-0.05, 0) is 67.5 Å². The summed E-state index contributed by atoms with van der Waals surface area (Å²) in [6.45, 7) is 9.14. The van der Waals surface area contributed by atoms with E-state index in [0.717, 1.165) is 5.69 Å². The fraction of sp³-hybridized carbons (Fsp3) is 0.500. The number of rotatable bonds is 8. The fourth-order valence-electron chi connectivity index (χ4n) is 3.38. The zero-order chi connectivity index (χ0) is 18.9. The molecule has 4 heteroatoms. The molecule has 1 N–H and O–H groups in total. The van der Waals surface area contributed by atoms with Gasteiger partial charge in [-0.15, -0.1) is 11.3 Å². The third-order valence-corrected chi connectivity index (χ3v) is 6.84. The molecule has 1 aliphatic rings. The number of hydrogen-bond donors (Lipinski definition) is 1. The number of hydrogen-bond acceptors (Lipinski definition) is 3. The summed E-state index contributed by atoms with van der Waals surface area (Å²) >= 11 is 1.91. The van der Waals surface area contributed by atoms with E-state index in [2.05, 4.69) is 38.7 Å². The van der Waals surface area contributed by atoms with E-state index in [-0.39, 0.29) is 5.41 Å². The summed E-state index contributed by atoms with van der Waals surface area (Å²) in [5.41, 5.74) is 2.96. The molecule has 2 aromatic rings. The van der Waals surface area contributed by atoms with E-state index in [0.29, 0.717) is 11.6 Å². The zero-order valence-corrected chi connectivity index (χ0v) is 17.0. The maximum Gasteiger partial charge on any atom is 0.335 e. The molecule has 0 atom stereocenters. The van der Waals surface area contributed by atoms with Gasteiger partial charge in [0.15, 0.2) is 0 Å². The number of aryl methyl sites for hydroxylation is 1. The first-order chi connectivity index (χ1) is 12.3. The highest BCUT2D eigenvalue weighted by Crippen LogP contribution is 2.46. The van der Waals surface area contributed by atoms with E-state index in [1.54, 1.807) is 12.1 Å². The van der Waals surface area contributed by atoms with Crippen LogP contribution in [-0.2, 0) is 5.41 Å². The third-order valence-electron chi connectivity index (χ3n) is 5.24. The average molecular weight is 372 g/mol. The molecule has 3 rings (SSSR count). The van der Waals surface area contributed by atoms with Gasteiger partial charge in [-0.1, -0.05) is 33.6 Å². The van der Waals surface area contributed by atoms with Crippen molar-refractivity contribution in [3.8, 4) is 0 Å². The number of anilines is 2. The lowest BCUT2D eigenvalue weighted by molar-refractivity contribution is 0.0697. The standard InChI is InChI=1S/C22H29NO2S/c1-5-6-13-22(3,4)19-14-15(2)20(26-19)23(18-11-12-18)17-9-7-16(8-10-17)21(24)25/h7-10,14,18H,5-6,11-13H2,1-4H3,(H,24,25). The maximum absolute atomic E-state index is 11.1. The second-order valence-electron chi connectivity index (χ2n) is 8.04. The molecule has 1 heterocycles. The van der Waals surface area contributed by atoms with Gasteiger partial charge in [0.05, 0.1) is 10.6 Å². The smallest absolute Gasteiger partial charge is 0.335 e. The van der Waals surface area contributed by atoms with E-state index in [9.17, 15) is 4.79 Å². The first-order valence-corrected chi connectivity index (χ1v) is 10.4. The molecule has 1 aliphatic carbocycles. The Kier molecular flexibility index (Phi) is 5.42. The van der Waals surface area contributed by atoms with Crippen LogP contribution in [-0.4, -0.2) is 17.1 Å². The molecular formula is C22H29NO2S. The predicted octanol–water partition coefficient (Wildman–Crippen LogP) is 6.52. The van der Waals surface area contributed by atoms with E-state index in [1.165, 1.54) is 47.5 Å². The fourth-order valence-corrected chi connectivity index (χ4v) is 4.77. The van der Waals surface area contributed by atoms with Crippen molar-refractivity contribution in [2.75, 3.05) is 4.90 Å². The van der Waals surface area contributed by atoms with Crippen molar-refractivity contribution in [1.82, 2.24) is 0 Å². The summed E-state index contributed by atoms with van der Waals surface area (Å²) in [6.07, 6.45) is 6.09. The Bertz CT molecular complexity index is 772. The molecule has 26 heavy (non-hydrogen) atoms. The van der Waals surface area contributed by atoms with Gasteiger partial charge in [-0.25, -0.2) is 4.79 Å². The Balaban J connectivity index is 1.93. The Labute approximate surface area is 160 Å². The number of carbonyl (C=O) groups is 1. The van der Waals surface area contributed by atoms with Crippen LogP contribution >= 0.6 is 11.3 Å². The lowest BCUT2D eigenvalue weighted by Crippen LogP contribution is -2.19. The quantitative estimate of drug-likeness (QED) is 0.574. The van der Waals surface area contributed by atoms with Crippen molar-refractivity contribution in [2.45, 2.75) is 71.3 Å². The SMILES string of the molecule is CCCCC(C)(C)c1cc(C)c(N(c2ccc(C(=O)O)cc2)C2CC2)s1. The summed E-state index contributed by atoms with van der Waals surface area (Å²) in [4.78, 5) is 15.0. The molecule has 0 amide bonds. The van der Waals surface area contributed by atoms with Crippen molar-refractivity contribution < 1.29 is 9.90 Å². The zero-order valence-electron chi connectivity index (χ0n) is 16.2. The van der Waals surface area contributed by atoms with Crippen molar-refractivity contribution in [3.05, 3.63) is 46.3 Å². The minimum absolute atomic E-state index is 0.200. The van der Waals surface area contributed by atoms with Crippen LogP contribution < -0.4 is 4.90 Å². The first-order valence-electron chi connectivity index (χ1n) is 9.57. The summed E-state index contributed by atoms with van der Waals surface area (Å²) in [5, 5.41) is 10.5. The lowest BCUT2D eigenvalue weighted by Gasteiger charge is -2.25. The Morgan fingerprint density at radius 1 is 1.27 bits per heavy atom. The van der Waals surface area contributed by atoms with E-state index in [1.807, 2.05) is 23.5 Å². The molecule has 1 saturated carbocycles. The third kappa shape index (κ3) is 3.96. The first kappa shape index (κ1) is 19.0. The molecule has 1 aromatic carbocycles. The van der Waals surface area contributed by atoms with E-state index >= 15 is 0 Å². The molecule has 0 spiro atoms. The number of nitrogens with zero attached hydrogens (tertiary/aromatic N) is 1. The number of benzene rings is 1.